The van der Waals surface area contributed by atoms with Gasteiger partial charge in [0, 0.05) is 5.38 Å². The van der Waals surface area contributed by atoms with Crippen molar-refractivity contribution in [2.75, 3.05) is 5.73 Å². The molecule has 0 spiro atoms. The summed E-state index contributed by atoms with van der Waals surface area (Å²) in [4.78, 5) is 15.8. The molecule has 2 aromatic rings. The summed E-state index contributed by atoms with van der Waals surface area (Å²) < 4.78 is 0. The van der Waals surface area contributed by atoms with Crippen molar-refractivity contribution in [3.05, 3.63) is 45.9 Å². The van der Waals surface area contributed by atoms with E-state index in [2.05, 4.69) is 10.3 Å². The van der Waals surface area contributed by atoms with Gasteiger partial charge in [-0.2, -0.15) is 0 Å². The van der Waals surface area contributed by atoms with Gasteiger partial charge in [0.05, 0.1) is 22.8 Å². The molecule has 1 heterocycles. The van der Waals surface area contributed by atoms with Gasteiger partial charge >= 0.3 is 0 Å². The molecule has 0 aliphatic carbocycles. The van der Waals surface area contributed by atoms with Crippen molar-refractivity contribution in [1.29, 1.82) is 0 Å². The highest BCUT2D eigenvalue weighted by molar-refractivity contribution is 7.13. The van der Waals surface area contributed by atoms with Crippen molar-refractivity contribution >= 4 is 34.0 Å². The van der Waals surface area contributed by atoms with Gasteiger partial charge in [-0.05, 0) is 12.1 Å². The van der Waals surface area contributed by atoms with Gasteiger partial charge < -0.3 is 11.1 Å². The van der Waals surface area contributed by atoms with Gasteiger partial charge in [0.2, 0.25) is 0 Å². The first-order valence-electron chi connectivity index (χ1n) is 4.89. The predicted octanol–water partition coefficient (Wildman–Crippen LogP) is 2.31. The first-order valence-corrected chi connectivity index (χ1v) is 6.15. The SMILES string of the molecule is Nc1nc(CNC(=O)c2ccccc2Cl)cs1. The number of nitrogens with zero attached hydrogens (tertiary/aromatic N) is 1. The van der Waals surface area contributed by atoms with Crippen LogP contribution in [0.2, 0.25) is 5.02 Å². The van der Waals surface area contributed by atoms with E-state index in [1.54, 1.807) is 24.3 Å². The summed E-state index contributed by atoms with van der Waals surface area (Å²) in [5.41, 5.74) is 6.69. The Bertz CT molecular complexity index is 541. The fourth-order valence-corrected chi connectivity index (χ4v) is 2.10. The van der Waals surface area contributed by atoms with Crippen LogP contribution < -0.4 is 11.1 Å². The van der Waals surface area contributed by atoms with Crippen LogP contribution in [0.4, 0.5) is 5.13 Å². The Morgan fingerprint density at radius 3 is 2.88 bits per heavy atom. The molecule has 1 aromatic heterocycles. The van der Waals surface area contributed by atoms with Gasteiger partial charge in [0.1, 0.15) is 0 Å². The molecule has 0 unspecified atom stereocenters. The van der Waals surface area contributed by atoms with Crippen molar-refractivity contribution < 1.29 is 4.79 Å². The van der Waals surface area contributed by atoms with Crippen LogP contribution in [-0.2, 0) is 6.54 Å². The van der Waals surface area contributed by atoms with E-state index in [1.165, 1.54) is 11.3 Å². The molecular formula is C11H10ClN3OS. The molecule has 0 radical (unpaired) electrons. The predicted molar refractivity (Wildman–Crippen MR) is 69.1 cm³/mol. The average molecular weight is 268 g/mol. The molecule has 2 rings (SSSR count). The Morgan fingerprint density at radius 1 is 1.47 bits per heavy atom. The van der Waals surface area contributed by atoms with Crippen LogP contribution in [0.15, 0.2) is 29.6 Å². The number of benzene rings is 1. The quantitative estimate of drug-likeness (QED) is 0.897. The lowest BCUT2D eigenvalue weighted by molar-refractivity contribution is 0.0950. The van der Waals surface area contributed by atoms with E-state index in [1.807, 2.05) is 5.38 Å². The number of anilines is 1. The molecule has 1 amide bonds. The summed E-state index contributed by atoms with van der Waals surface area (Å²) >= 11 is 7.25. The van der Waals surface area contributed by atoms with Crippen LogP contribution in [0.25, 0.3) is 0 Å². The molecule has 0 saturated carbocycles. The summed E-state index contributed by atoms with van der Waals surface area (Å²) in [5, 5.41) is 5.47. The lowest BCUT2D eigenvalue weighted by atomic mass is 10.2. The van der Waals surface area contributed by atoms with Gasteiger partial charge in [0.25, 0.3) is 5.91 Å². The highest BCUT2D eigenvalue weighted by atomic mass is 35.5. The van der Waals surface area contributed by atoms with E-state index in [4.69, 9.17) is 17.3 Å². The first-order chi connectivity index (χ1) is 8.16. The second-order valence-electron chi connectivity index (χ2n) is 3.34. The minimum Gasteiger partial charge on any atom is -0.375 e. The topological polar surface area (TPSA) is 68.0 Å². The maximum atomic E-state index is 11.8. The highest BCUT2D eigenvalue weighted by Crippen LogP contribution is 2.15. The number of nitrogen functional groups attached to an aromatic ring is 1. The summed E-state index contributed by atoms with van der Waals surface area (Å²) in [5.74, 6) is -0.220. The summed E-state index contributed by atoms with van der Waals surface area (Å²) in [6.45, 7) is 0.345. The lowest BCUT2D eigenvalue weighted by Crippen LogP contribution is -2.23. The molecule has 0 bridgehead atoms. The number of rotatable bonds is 3. The molecular weight excluding hydrogens is 258 g/mol. The second kappa shape index (κ2) is 5.16. The zero-order valence-electron chi connectivity index (χ0n) is 8.81. The Hall–Kier alpha value is -1.59. The number of halogens is 1. The number of nitrogens with two attached hydrogens (primary N) is 1. The molecule has 6 heteroatoms. The van der Waals surface area contributed by atoms with Gasteiger partial charge in [-0.15, -0.1) is 11.3 Å². The third-order valence-corrected chi connectivity index (χ3v) is 3.17. The van der Waals surface area contributed by atoms with E-state index in [9.17, 15) is 4.79 Å². The average Bonchev–Trinajstić information content (AvgIpc) is 2.73. The third kappa shape index (κ3) is 2.95. The van der Waals surface area contributed by atoms with Crippen LogP contribution in [0.5, 0.6) is 0 Å². The largest absolute Gasteiger partial charge is 0.375 e. The zero-order valence-corrected chi connectivity index (χ0v) is 10.4. The Balaban J connectivity index is 2.01. The molecule has 0 saturated heterocycles. The minimum atomic E-state index is -0.220. The number of aromatic nitrogens is 1. The normalized spacial score (nSPS) is 10.2. The molecule has 88 valence electrons. The molecule has 0 fully saturated rings. The number of amides is 1. The number of nitrogens with one attached hydrogen (secondary N) is 1. The number of carbonyl (C=O) groups is 1. The summed E-state index contributed by atoms with van der Waals surface area (Å²) in [6, 6.07) is 6.90. The fraction of sp³-hybridized carbons (Fsp3) is 0.0909. The van der Waals surface area contributed by atoms with Crippen LogP contribution in [-0.4, -0.2) is 10.9 Å². The van der Waals surface area contributed by atoms with Crippen LogP contribution >= 0.6 is 22.9 Å². The fourth-order valence-electron chi connectivity index (χ4n) is 1.32. The minimum absolute atomic E-state index is 0.220. The van der Waals surface area contributed by atoms with Crippen molar-refractivity contribution in [3.8, 4) is 0 Å². The standard InChI is InChI=1S/C11H10ClN3OS/c12-9-4-2-1-3-8(9)10(16)14-5-7-6-17-11(13)15-7/h1-4,6H,5H2,(H2,13,15)(H,14,16). The van der Waals surface area contributed by atoms with E-state index in [0.29, 0.717) is 22.3 Å². The van der Waals surface area contributed by atoms with Crippen molar-refractivity contribution in [2.24, 2.45) is 0 Å². The van der Waals surface area contributed by atoms with Crippen LogP contribution in [0.3, 0.4) is 0 Å². The monoisotopic (exact) mass is 267 g/mol. The van der Waals surface area contributed by atoms with Gasteiger partial charge in [0.15, 0.2) is 5.13 Å². The van der Waals surface area contributed by atoms with Crippen molar-refractivity contribution in [1.82, 2.24) is 10.3 Å². The highest BCUT2D eigenvalue weighted by Gasteiger charge is 2.09. The van der Waals surface area contributed by atoms with Gasteiger partial charge in [-0.25, -0.2) is 4.98 Å². The third-order valence-electron chi connectivity index (χ3n) is 2.12. The lowest BCUT2D eigenvalue weighted by Gasteiger charge is -2.04. The molecule has 0 aliphatic heterocycles. The number of carbonyl (C=O) groups excluding carboxylic acids is 1. The molecule has 0 atom stereocenters. The smallest absolute Gasteiger partial charge is 0.253 e. The molecule has 3 N–H and O–H groups in total. The van der Waals surface area contributed by atoms with Crippen molar-refractivity contribution in [2.45, 2.75) is 6.54 Å². The number of hydrogen-bond acceptors (Lipinski definition) is 4. The van der Waals surface area contributed by atoms with E-state index in [0.717, 1.165) is 5.69 Å². The molecule has 4 nitrogen and oxygen atoms in total. The van der Waals surface area contributed by atoms with Crippen molar-refractivity contribution in [3.63, 3.8) is 0 Å². The Morgan fingerprint density at radius 2 is 2.24 bits per heavy atom. The number of thiazole rings is 1. The maximum Gasteiger partial charge on any atom is 0.253 e. The Labute approximate surface area is 107 Å². The maximum absolute atomic E-state index is 11.8. The Kier molecular flexibility index (Phi) is 3.61. The van der Waals surface area contributed by atoms with Crippen LogP contribution in [0.1, 0.15) is 16.1 Å². The van der Waals surface area contributed by atoms with E-state index < -0.39 is 0 Å². The molecule has 1 aromatic carbocycles. The summed E-state index contributed by atoms with van der Waals surface area (Å²) in [6.07, 6.45) is 0. The number of hydrogen-bond donors (Lipinski definition) is 2. The van der Waals surface area contributed by atoms with Crippen LogP contribution in [0, 0.1) is 0 Å². The molecule has 0 aliphatic rings. The zero-order chi connectivity index (χ0) is 12.3. The molecule has 17 heavy (non-hydrogen) atoms. The first kappa shape index (κ1) is 11.9. The van der Waals surface area contributed by atoms with E-state index >= 15 is 0 Å². The van der Waals surface area contributed by atoms with Gasteiger partial charge in [-0.3, -0.25) is 4.79 Å². The van der Waals surface area contributed by atoms with E-state index in [-0.39, 0.29) is 5.91 Å². The second-order valence-corrected chi connectivity index (χ2v) is 4.64. The van der Waals surface area contributed by atoms with Gasteiger partial charge in [-0.1, -0.05) is 23.7 Å². The summed E-state index contributed by atoms with van der Waals surface area (Å²) in [7, 11) is 0.